The molecule has 1 aromatic rings. The topological polar surface area (TPSA) is 75.6 Å². The summed E-state index contributed by atoms with van der Waals surface area (Å²) in [5.41, 5.74) is 0. The van der Waals surface area contributed by atoms with E-state index in [0.717, 1.165) is 19.4 Å². The van der Waals surface area contributed by atoms with Crippen LogP contribution in [-0.2, 0) is 21.4 Å². The van der Waals surface area contributed by atoms with Crippen LogP contribution >= 0.6 is 27.3 Å². The lowest BCUT2D eigenvalue weighted by Crippen LogP contribution is -2.25. The second kappa shape index (κ2) is 9.11. The number of aliphatic hydroxyl groups excluding tert-OH is 1. The fourth-order valence-electron chi connectivity index (χ4n) is 1.47. The SMILES string of the molecule is CCCCOCCCNS(=O)(=O)c1cc(CO)sc1Br. The van der Waals surface area contributed by atoms with E-state index >= 15 is 0 Å². The molecular formula is C12H20BrNO4S2. The third-order valence-corrected chi connectivity index (χ3v) is 6.25. The van der Waals surface area contributed by atoms with E-state index in [1.165, 1.54) is 17.4 Å². The first-order chi connectivity index (χ1) is 9.51. The molecule has 0 bridgehead atoms. The summed E-state index contributed by atoms with van der Waals surface area (Å²) in [6.07, 6.45) is 2.75. The minimum Gasteiger partial charge on any atom is -0.391 e. The van der Waals surface area contributed by atoms with Crippen molar-refractivity contribution in [3.05, 3.63) is 14.7 Å². The molecule has 1 aromatic heterocycles. The van der Waals surface area contributed by atoms with Crippen molar-refractivity contribution in [1.29, 1.82) is 0 Å². The van der Waals surface area contributed by atoms with Crippen LogP contribution in [0, 0.1) is 0 Å². The van der Waals surface area contributed by atoms with Crippen molar-refractivity contribution in [2.45, 2.75) is 37.7 Å². The summed E-state index contributed by atoms with van der Waals surface area (Å²) in [6.45, 7) is 3.54. The largest absolute Gasteiger partial charge is 0.391 e. The average Bonchev–Trinajstić information content (AvgIpc) is 2.80. The number of aliphatic hydroxyl groups is 1. The van der Waals surface area contributed by atoms with Crippen LogP contribution in [0.3, 0.4) is 0 Å². The Hall–Kier alpha value is 0.01000. The molecule has 8 heteroatoms. The van der Waals surface area contributed by atoms with E-state index in [9.17, 15) is 8.42 Å². The minimum absolute atomic E-state index is 0.163. The number of rotatable bonds is 10. The first kappa shape index (κ1) is 18.1. The monoisotopic (exact) mass is 385 g/mol. The summed E-state index contributed by atoms with van der Waals surface area (Å²) >= 11 is 4.43. The minimum atomic E-state index is -3.53. The second-order valence-electron chi connectivity index (χ2n) is 4.23. The standard InChI is InChI=1S/C12H20BrNO4S2/c1-2-3-6-18-7-4-5-14-20(16,17)11-8-10(9-15)19-12(11)13/h8,14-15H,2-7,9H2,1H3. The highest BCUT2D eigenvalue weighted by Gasteiger charge is 2.20. The molecule has 5 nitrogen and oxygen atoms in total. The number of ether oxygens (including phenoxy) is 1. The molecule has 0 amide bonds. The van der Waals surface area contributed by atoms with E-state index in [0.29, 0.717) is 28.2 Å². The van der Waals surface area contributed by atoms with Crippen LogP contribution < -0.4 is 4.72 Å². The van der Waals surface area contributed by atoms with E-state index in [2.05, 4.69) is 27.6 Å². The van der Waals surface area contributed by atoms with Crippen molar-refractivity contribution in [2.24, 2.45) is 0 Å². The number of sulfonamides is 1. The zero-order valence-corrected chi connectivity index (χ0v) is 14.6. The molecule has 0 atom stereocenters. The zero-order chi connectivity index (χ0) is 15.0. The molecule has 0 aliphatic rings. The van der Waals surface area contributed by atoms with Crippen molar-refractivity contribution in [1.82, 2.24) is 4.72 Å². The molecule has 1 rings (SSSR count). The molecule has 2 N–H and O–H groups in total. The quantitative estimate of drug-likeness (QED) is 0.606. The lowest BCUT2D eigenvalue weighted by molar-refractivity contribution is 0.130. The van der Waals surface area contributed by atoms with Crippen LogP contribution in [-0.4, -0.2) is 33.3 Å². The number of hydrogen-bond acceptors (Lipinski definition) is 5. The van der Waals surface area contributed by atoms with Crippen LogP contribution in [0.15, 0.2) is 14.7 Å². The Morgan fingerprint density at radius 1 is 1.40 bits per heavy atom. The van der Waals surface area contributed by atoms with Gasteiger partial charge in [0.2, 0.25) is 10.0 Å². The fourth-order valence-corrected chi connectivity index (χ4v) is 5.08. The van der Waals surface area contributed by atoms with Crippen molar-refractivity contribution in [2.75, 3.05) is 19.8 Å². The van der Waals surface area contributed by atoms with Crippen molar-refractivity contribution >= 4 is 37.3 Å². The molecule has 0 spiro atoms. The summed E-state index contributed by atoms with van der Waals surface area (Å²) in [5.74, 6) is 0. The van der Waals surface area contributed by atoms with E-state index in [4.69, 9.17) is 9.84 Å². The van der Waals surface area contributed by atoms with Crippen molar-refractivity contribution in [3.63, 3.8) is 0 Å². The first-order valence-electron chi connectivity index (χ1n) is 6.47. The Morgan fingerprint density at radius 2 is 2.10 bits per heavy atom. The maximum atomic E-state index is 12.1. The molecule has 0 radical (unpaired) electrons. The van der Waals surface area contributed by atoms with Gasteiger partial charge in [-0.1, -0.05) is 13.3 Å². The van der Waals surface area contributed by atoms with E-state index < -0.39 is 10.0 Å². The molecule has 0 saturated heterocycles. The fraction of sp³-hybridized carbons (Fsp3) is 0.667. The van der Waals surface area contributed by atoms with Gasteiger partial charge >= 0.3 is 0 Å². The summed E-state index contributed by atoms with van der Waals surface area (Å²) in [5, 5.41) is 9.02. The summed E-state index contributed by atoms with van der Waals surface area (Å²) in [4.78, 5) is 0.790. The molecule has 1 heterocycles. The average molecular weight is 386 g/mol. The molecule has 0 aliphatic carbocycles. The Balaban J connectivity index is 2.40. The van der Waals surface area contributed by atoms with E-state index in [1.54, 1.807) is 0 Å². The summed E-state index contributed by atoms with van der Waals surface area (Å²) < 4.78 is 32.5. The van der Waals surface area contributed by atoms with Gasteiger partial charge in [-0.2, -0.15) is 0 Å². The Morgan fingerprint density at radius 3 is 2.70 bits per heavy atom. The Labute approximate surface area is 132 Å². The molecule has 0 fully saturated rings. The smallest absolute Gasteiger partial charge is 0.242 e. The third kappa shape index (κ3) is 5.79. The molecule has 0 unspecified atom stereocenters. The predicted molar refractivity (Wildman–Crippen MR) is 83.5 cm³/mol. The first-order valence-corrected chi connectivity index (χ1v) is 9.57. The number of halogens is 1. The normalized spacial score (nSPS) is 11.9. The highest BCUT2D eigenvalue weighted by Crippen LogP contribution is 2.31. The van der Waals surface area contributed by atoms with Crippen molar-refractivity contribution < 1.29 is 18.3 Å². The van der Waals surface area contributed by atoms with Crippen LogP contribution in [0.5, 0.6) is 0 Å². The van der Waals surface area contributed by atoms with Crippen LogP contribution in [0.4, 0.5) is 0 Å². The molecule has 0 saturated carbocycles. The van der Waals surface area contributed by atoms with Crippen LogP contribution in [0.1, 0.15) is 31.1 Å². The van der Waals surface area contributed by atoms with Crippen LogP contribution in [0.2, 0.25) is 0 Å². The maximum Gasteiger partial charge on any atom is 0.242 e. The van der Waals surface area contributed by atoms with Gasteiger partial charge in [0.05, 0.1) is 10.4 Å². The summed E-state index contributed by atoms with van der Waals surface area (Å²) in [6, 6.07) is 1.48. The van der Waals surface area contributed by atoms with Gasteiger partial charge in [-0.15, -0.1) is 11.3 Å². The van der Waals surface area contributed by atoms with Gasteiger partial charge in [0, 0.05) is 24.6 Å². The van der Waals surface area contributed by atoms with Crippen LogP contribution in [0.25, 0.3) is 0 Å². The maximum absolute atomic E-state index is 12.1. The highest BCUT2D eigenvalue weighted by molar-refractivity contribution is 9.11. The predicted octanol–water partition coefficient (Wildman–Crippen LogP) is 2.49. The zero-order valence-electron chi connectivity index (χ0n) is 11.4. The lowest BCUT2D eigenvalue weighted by atomic mass is 10.4. The molecular weight excluding hydrogens is 366 g/mol. The van der Waals surface area contributed by atoms with Gasteiger partial charge in [-0.3, -0.25) is 0 Å². The van der Waals surface area contributed by atoms with Gasteiger partial charge < -0.3 is 9.84 Å². The summed E-state index contributed by atoms with van der Waals surface area (Å²) in [7, 11) is -3.53. The van der Waals surface area contributed by atoms with E-state index in [-0.39, 0.29) is 11.5 Å². The van der Waals surface area contributed by atoms with Gasteiger partial charge in [-0.05, 0) is 34.8 Å². The third-order valence-electron chi connectivity index (χ3n) is 2.55. The molecule has 0 aromatic carbocycles. The molecule has 116 valence electrons. The van der Waals surface area contributed by atoms with Crippen molar-refractivity contribution in [3.8, 4) is 0 Å². The van der Waals surface area contributed by atoms with Gasteiger partial charge in [0.15, 0.2) is 0 Å². The van der Waals surface area contributed by atoms with Gasteiger partial charge in [0.25, 0.3) is 0 Å². The van der Waals surface area contributed by atoms with Gasteiger partial charge in [0.1, 0.15) is 4.90 Å². The Kier molecular flexibility index (Phi) is 8.23. The number of thiophene rings is 1. The highest BCUT2D eigenvalue weighted by atomic mass is 79.9. The van der Waals surface area contributed by atoms with E-state index in [1.807, 2.05) is 0 Å². The number of unbranched alkanes of at least 4 members (excludes halogenated alkanes) is 1. The number of hydrogen-bond donors (Lipinski definition) is 2. The molecule has 0 aliphatic heterocycles. The number of nitrogens with one attached hydrogen (secondary N) is 1. The molecule has 20 heavy (non-hydrogen) atoms. The Bertz CT molecular complexity index is 502. The lowest BCUT2D eigenvalue weighted by Gasteiger charge is -2.06. The van der Waals surface area contributed by atoms with Gasteiger partial charge in [-0.25, -0.2) is 13.1 Å². The second-order valence-corrected chi connectivity index (χ2v) is 8.42.